The van der Waals surface area contributed by atoms with Gasteiger partial charge in [0, 0.05) is 34.2 Å². The second-order valence-electron chi connectivity index (χ2n) is 9.35. The quantitative estimate of drug-likeness (QED) is 0.265. The van der Waals surface area contributed by atoms with Crippen LogP contribution in [0.1, 0.15) is 48.8 Å². The van der Waals surface area contributed by atoms with Crippen LogP contribution in [0.4, 0.5) is 5.69 Å². The van der Waals surface area contributed by atoms with Gasteiger partial charge in [0.05, 0.1) is 32.3 Å². The lowest BCUT2D eigenvalue weighted by molar-refractivity contribution is -0.268. The first-order chi connectivity index (χ1) is 18.9. The summed E-state index contributed by atoms with van der Waals surface area (Å²) in [5.74, 6) is 0.0930. The topological polar surface area (TPSA) is 114 Å². The minimum absolute atomic E-state index is 0.0161. The van der Waals surface area contributed by atoms with Crippen molar-refractivity contribution in [3.8, 4) is 5.75 Å². The number of methoxy groups -OCH3 is 1. The largest absolute Gasteiger partial charge is 0.496 e. The fourth-order valence-corrected chi connectivity index (χ4v) is 5.62. The number of nitrogens with one attached hydrogen (secondary N) is 1. The molecular weight excluding hydrogens is 518 g/mol. The number of hydrogen-bond acceptors (Lipinski definition) is 7. The standard InChI is InChI=1S/C30H33NO7S/c1-19-25(18-39-26-9-4-3-8-24(26)36-2)37-30(38-29(19)21-12-10-20(17-32)11-13-21)22-6-5-7-23(16-22)31-27(33)14-15-28(34)35/h3-13,16,19,25,29-30,32H,14-15,17-18H2,1-2H3,(H,31,33)(H,34,35)/t19-,25+,29+,30+/m0/s1. The van der Waals surface area contributed by atoms with Gasteiger partial charge in [0.1, 0.15) is 5.75 Å². The molecule has 4 rings (SSSR count). The molecule has 0 unspecified atom stereocenters. The summed E-state index contributed by atoms with van der Waals surface area (Å²) in [7, 11) is 1.66. The number of benzene rings is 3. The van der Waals surface area contributed by atoms with Crippen LogP contribution in [0.15, 0.2) is 77.7 Å². The predicted octanol–water partition coefficient (Wildman–Crippen LogP) is 5.57. The second-order valence-corrected chi connectivity index (χ2v) is 10.4. The number of carboxylic acid groups (broad SMARTS) is 1. The number of para-hydroxylation sites is 1. The lowest BCUT2D eigenvalue weighted by Crippen LogP contribution is -2.38. The summed E-state index contributed by atoms with van der Waals surface area (Å²) >= 11 is 1.66. The van der Waals surface area contributed by atoms with E-state index in [4.69, 9.17) is 19.3 Å². The van der Waals surface area contributed by atoms with E-state index in [1.54, 1.807) is 37.1 Å². The summed E-state index contributed by atoms with van der Waals surface area (Å²) in [6, 6.07) is 22.8. The number of aliphatic hydroxyl groups is 1. The number of amides is 1. The molecule has 9 heteroatoms. The number of aliphatic carboxylic acids is 1. The Hall–Kier alpha value is -3.37. The van der Waals surface area contributed by atoms with E-state index in [0.29, 0.717) is 11.4 Å². The van der Waals surface area contributed by atoms with E-state index >= 15 is 0 Å². The fraction of sp³-hybridized carbons (Fsp3) is 0.333. The molecule has 3 N–H and O–H groups in total. The van der Waals surface area contributed by atoms with E-state index in [1.165, 1.54) is 0 Å². The van der Waals surface area contributed by atoms with Crippen LogP contribution in [0.2, 0.25) is 0 Å². The van der Waals surface area contributed by atoms with Crippen molar-refractivity contribution in [2.45, 2.75) is 49.8 Å². The fourth-order valence-electron chi connectivity index (χ4n) is 4.43. The predicted molar refractivity (Wildman–Crippen MR) is 149 cm³/mol. The summed E-state index contributed by atoms with van der Waals surface area (Å²) in [5.41, 5.74) is 3.09. The minimum Gasteiger partial charge on any atom is -0.496 e. The molecule has 3 aromatic rings. The zero-order chi connectivity index (χ0) is 27.8. The lowest BCUT2D eigenvalue weighted by Gasteiger charge is -2.41. The number of hydrogen-bond donors (Lipinski definition) is 3. The monoisotopic (exact) mass is 551 g/mol. The summed E-state index contributed by atoms with van der Waals surface area (Å²) in [4.78, 5) is 24.0. The molecule has 0 aromatic heterocycles. The van der Waals surface area contributed by atoms with Crippen molar-refractivity contribution in [2.75, 3.05) is 18.2 Å². The van der Waals surface area contributed by atoms with Gasteiger partial charge < -0.3 is 29.7 Å². The third-order valence-corrected chi connectivity index (χ3v) is 7.75. The van der Waals surface area contributed by atoms with E-state index in [9.17, 15) is 14.7 Å². The van der Waals surface area contributed by atoms with E-state index in [1.807, 2.05) is 54.6 Å². The van der Waals surface area contributed by atoms with Crippen molar-refractivity contribution in [3.05, 3.63) is 89.5 Å². The van der Waals surface area contributed by atoms with Crippen LogP contribution in [0.5, 0.6) is 5.75 Å². The van der Waals surface area contributed by atoms with Crippen molar-refractivity contribution in [1.82, 2.24) is 0 Å². The van der Waals surface area contributed by atoms with Crippen LogP contribution in [0.3, 0.4) is 0 Å². The Morgan fingerprint density at radius 3 is 2.46 bits per heavy atom. The molecule has 3 aromatic carbocycles. The van der Waals surface area contributed by atoms with Crippen molar-refractivity contribution in [1.29, 1.82) is 0 Å². The van der Waals surface area contributed by atoms with Crippen LogP contribution in [0.25, 0.3) is 0 Å². The average molecular weight is 552 g/mol. The Kier molecular flexibility index (Phi) is 10.00. The Morgan fingerprint density at radius 1 is 0.974 bits per heavy atom. The molecule has 0 saturated carbocycles. The third-order valence-electron chi connectivity index (χ3n) is 6.60. The Bertz CT molecular complexity index is 1270. The number of ether oxygens (including phenoxy) is 3. The molecule has 39 heavy (non-hydrogen) atoms. The van der Waals surface area contributed by atoms with Gasteiger partial charge in [-0.15, -0.1) is 11.8 Å². The van der Waals surface area contributed by atoms with Gasteiger partial charge in [0.25, 0.3) is 0 Å². The molecule has 1 aliphatic rings. The van der Waals surface area contributed by atoms with Gasteiger partial charge in [-0.1, -0.05) is 55.5 Å². The molecule has 0 bridgehead atoms. The van der Waals surface area contributed by atoms with E-state index in [0.717, 1.165) is 27.3 Å². The Morgan fingerprint density at radius 2 is 1.74 bits per heavy atom. The first kappa shape index (κ1) is 28.6. The average Bonchev–Trinajstić information content (AvgIpc) is 2.96. The summed E-state index contributed by atoms with van der Waals surface area (Å²) in [6.07, 6.45) is -1.48. The van der Waals surface area contributed by atoms with Crippen LogP contribution in [0, 0.1) is 5.92 Å². The van der Waals surface area contributed by atoms with Gasteiger partial charge in [-0.2, -0.15) is 0 Å². The van der Waals surface area contributed by atoms with Gasteiger partial charge in [0.15, 0.2) is 6.29 Å². The number of aliphatic hydroxyl groups excluding tert-OH is 1. The molecule has 1 aliphatic heterocycles. The number of rotatable bonds is 11. The summed E-state index contributed by atoms with van der Waals surface area (Å²) in [6.45, 7) is 2.07. The van der Waals surface area contributed by atoms with Crippen molar-refractivity contribution < 1.29 is 34.0 Å². The highest BCUT2D eigenvalue weighted by Gasteiger charge is 2.38. The van der Waals surface area contributed by atoms with Gasteiger partial charge in [0.2, 0.25) is 5.91 Å². The van der Waals surface area contributed by atoms with Crippen LogP contribution >= 0.6 is 11.8 Å². The highest BCUT2D eigenvalue weighted by atomic mass is 32.2. The lowest BCUT2D eigenvalue weighted by atomic mass is 9.91. The molecule has 206 valence electrons. The second kappa shape index (κ2) is 13.6. The number of carbonyl (C=O) groups is 2. The van der Waals surface area contributed by atoms with Gasteiger partial charge in [-0.25, -0.2) is 0 Å². The Labute approximate surface area is 232 Å². The van der Waals surface area contributed by atoms with Gasteiger partial charge >= 0.3 is 5.97 Å². The maximum atomic E-state index is 12.2. The molecule has 0 radical (unpaired) electrons. The molecule has 1 saturated heterocycles. The normalized spacial score (nSPS) is 20.8. The van der Waals surface area contributed by atoms with Crippen molar-refractivity contribution in [2.24, 2.45) is 5.92 Å². The van der Waals surface area contributed by atoms with Crippen molar-refractivity contribution >= 4 is 29.3 Å². The number of anilines is 1. The molecule has 0 aliphatic carbocycles. The first-order valence-electron chi connectivity index (χ1n) is 12.8. The maximum absolute atomic E-state index is 12.2. The van der Waals surface area contributed by atoms with Crippen LogP contribution in [-0.2, 0) is 25.7 Å². The van der Waals surface area contributed by atoms with Gasteiger partial charge in [-0.3, -0.25) is 9.59 Å². The van der Waals surface area contributed by atoms with E-state index in [-0.39, 0.29) is 43.5 Å². The number of carbonyl (C=O) groups excluding carboxylic acids is 1. The molecular formula is C30H33NO7S. The number of thioether (sulfide) groups is 1. The Balaban J connectivity index is 1.56. The summed E-state index contributed by atoms with van der Waals surface area (Å²) in [5, 5.41) is 21.1. The van der Waals surface area contributed by atoms with Crippen LogP contribution < -0.4 is 10.1 Å². The summed E-state index contributed by atoms with van der Waals surface area (Å²) < 4.78 is 18.5. The highest BCUT2D eigenvalue weighted by Crippen LogP contribution is 2.44. The number of carboxylic acids is 1. The third kappa shape index (κ3) is 7.60. The van der Waals surface area contributed by atoms with Gasteiger partial charge in [-0.05, 0) is 35.4 Å². The van der Waals surface area contributed by atoms with Crippen molar-refractivity contribution in [3.63, 3.8) is 0 Å². The maximum Gasteiger partial charge on any atom is 0.303 e. The smallest absolute Gasteiger partial charge is 0.303 e. The molecule has 4 atom stereocenters. The minimum atomic E-state index is -1.02. The van der Waals surface area contributed by atoms with Crippen LogP contribution in [-0.4, -0.2) is 41.1 Å². The zero-order valence-electron chi connectivity index (χ0n) is 21.9. The first-order valence-corrected chi connectivity index (χ1v) is 13.7. The molecule has 1 amide bonds. The SMILES string of the molecule is COc1ccccc1SC[C@H]1O[C@@H](c2cccc(NC(=O)CCC(=O)O)c2)O[C@@H](c2ccc(CO)cc2)[C@H]1C. The molecule has 1 fully saturated rings. The van der Waals surface area contributed by atoms with E-state index in [2.05, 4.69) is 12.2 Å². The highest BCUT2D eigenvalue weighted by molar-refractivity contribution is 7.99. The zero-order valence-corrected chi connectivity index (χ0v) is 22.7. The molecule has 1 heterocycles. The van der Waals surface area contributed by atoms with E-state index < -0.39 is 12.3 Å². The molecule has 8 nitrogen and oxygen atoms in total. The molecule has 0 spiro atoms.